The second-order valence-electron chi connectivity index (χ2n) is 3.21. The van der Waals surface area contributed by atoms with E-state index < -0.39 is 27.4 Å². The fourth-order valence-electron chi connectivity index (χ4n) is 1.38. The van der Waals surface area contributed by atoms with Gasteiger partial charge in [0.2, 0.25) is 18.4 Å². The molecule has 0 aromatic rings. The molecule has 0 fully saturated rings. The van der Waals surface area contributed by atoms with Crippen LogP contribution in [-0.2, 0) is 8.85 Å². The zero-order valence-corrected chi connectivity index (χ0v) is 12.5. The average Bonchev–Trinajstić information content (AvgIpc) is 2.03. The van der Waals surface area contributed by atoms with Crippen molar-refractivity contribution in [3.63, 3.8) is 0 Å². The van der Waals surface area contributed by atoms with Crippen molar-refractivity contribution in [3.05, 3.63) is 0 Å². The Morgan fingerprint density at radius 1 is 0.833 bits per heavy atom. The quantitative estimate of drug-likeness (QED) is 0.625. The first-order valence-electron chi connectivity index (χ1n) is 4.37. The summed E-state index contributed by atoms with van der Waals surface area (Å²) < 4.78 is 13.5. The molecule has 0 aliphatic heterocycles. The van der Waals surface area contributed by atoms with Gasteiger partial charge in [0.05, 0.1) is 8.96 Å². The van der Waals surface area contributed by atoms with Crippen molar-refractivity contribution in [3.8, 4) is 0 Å². The summed E-state index contributed by atoms with van der Waals surface area (Å²) in [6, 6.07) is 0. The Morgan fingerprint density at radius 3 is 1.33 bits per heavy atom. The molecule has 0 aromatic heterocycles. The first-order chi connectivity index (χ1) is 5.54. The predicted molar refractivity (Wildman–Crippen MR) is 60.8 cm³/mol. The predicted octanol–water partition coefficient (Wildman–Crippen LogP) is 0.265. The van der Waals surface area contributed by atoms with Gasteiger partial charge in [-0.25, -0.2) is 0 Å². The summed E-state index contributed by atoms with van der Waals surface area (Å²) in [7, 11) is 0.708. The molecule has 0 aromatic carbocycles. The van der Waals surface area contributed by atoms with Gasteiger partial charge >= 0.3 is 0 Å². The molecule has 74 valence electrons. The third kappa shape index (κ3) is 3.50. The molecular formula is C6H21NO2Si3. The van der Waals surface area contributed by atoms with Crippen molar-refractivity contribution >= 4 is 27.4 Å². The van der Waals surface area contributed by atoms with Crippen LogP contribution >= 0.6 is 0 Å². The van der Waals surface area contributed by atoms with Crippen molar-refractivity contribution in [2.24, 2.45) is 0 Å². The van der Waals surface area contributed by atoms with Gasteiger partial charge in [-0.05, 0) is 13.1 Å². The van der Waals surface area contributed by atoms with Gasteiger partial charge in [-0.1, -0.05) is 13.1 Å². The van der Waals surface area contributed by atoms with Crippen LogP contribution in [0, 0.1) is 0 Å². The number of hydrogen-bond acceptors (Lipinski definition) is 3. The van der Waals surface area contributed by atoms with Gasteiger partial charge < -0.3 is 12.7 Å². The van der Waals surface area contributed by atoms with Gasteiger partial charge in [0.25, 0.3) is 0 Å². The minimum atomic E-state index is -1.10. The van der Waals surface area contributed by atoms with Gasteiger partial charge in [-0.3, -0.25) is 0 Å². The summed E-state index contributed by atoms with van der Waals surface area (Å²) in [4.78, 5) is 0. The topological polar surface area (TPSA) is 21.7 Å². The molecule has 6 heteroatoms. The first kappa shape index (κ1) is 12.5. The number of rotatable bonds is 5. The van der Waals surface area contributed by atoms with Crippen LogP contribution in [0.4, 0.5) is 0 Å². The lowest BCUT2D eigenvalue weighted by Crippen LogP contribution is -2.54. The molecule has 0 aliphatic carbocycles. The molecule has 0 spiro atoms. The Kier molecular flexibility index (Phi) is 6.32. The second kappa shape index (κ2) is 6.06. The van der Waals surface area contributed by atoms with Gasteiger partial charge in [0.15, 0.2) is 0 Å². The highest BCUT2D eigenvalue weighted by molar-refractivity contribution is 6.81. The fraction of sp³-hybridized carbons (Fsp3) is 1.00. The van der Waals surface area contributed by atoms with Crippen LogP contribution in [0.5, 0.6) is 0 Å². The molecule has 0 N–H and O–H groups in total. The minimum Gasteiger partial charge on any atom is -0.410 e. The Labute approximate surface area is 81.0 Å². The standard InChI is InChI=1S/C6H21NO2Si3/c1-8-11(5)7(10(3)4)12(6)9-2/h10-12H,1-6H3. The van der Waals surface area contributed by atoms with E-state index in [1.54, 1.807) is 0 Å². The van der Waals surface area contributed by atoms with E-state index in [-0.39, 0.29) is 0 Å². The van der Waals surface area contributed by atoms with Crippen LogP contribution in [0.15, 0.2) is 0 Å². The van der Waals surface area contributed by atoms with Crippen LogP contribution in [-0.4, -0.2) is 45.5 Å². The lowest BCUT2D eigenvalue weighted by Gasteiger charge is -2.33. The van der Waals surface area contributed by atoms with Crippen molar-refractivity contribution in [1.82, 2.24) is 3.90 Å². The smallest absolute Gasteiger partial charge is 0.239 e. The van der Waals surface area contributed by atoms with E-state index in [2.05, 4.69) is 30.1 Å². The van der Waals surface area contributed by atoms with Crippen LogP contribution in [0.25, 0.3) is 0 Å². The molecule has 0 saturated heterocycles. The summed E-state index contributed by atoms with van der Waals surface area (Å²) in [6.45, 7) is 9.14. The summed E-state index contributed by atoms with van der Waals surface area (Å²) in [5, 5.41) is 0. The molecule has 2 unspecified atom stereocenters. The highest BCUT2D eigenvalue weighted by Gasteiger charge is 2.25. The Hall–Kier alpha value is 0.531. The Bertz CT molecular complexity index is 115. The van der Waals surface area contributed by atoms with E-state index in [9.17, 15) is 0 Å². The van der Waals surface area contributed by atoms with E-state index in [0.29, 0.717) is 0 Å². The van der Waals surface area contributed by atoms with Crippen LogP contribution in [0.3, 0.4) is 0 Å². The largest absolute Gasteiger partial charge is 0.410 e. The van der Waals surface area contributed by atoms with Crippen LogP contribution in [0.1, 0.15) is 0 Å². The maximum Gasteiger partial charge on any atom is 0.239 e. The fourth-order valence-corrected chi connectivity index (χ4v) is 12.4. The normalized spacial score (nSPS) is 17.0. The molecule has 12 heavy (non-hydrogen) atoms. The molecule has 0 radical (unpaired) electrons. The second-order valence-corrected chi connectivity index (χ2v) is 12.3. The summed E-state index contributed by atoms with van der Waals surface area (Å²) in [5.74, 6) is 0. The van der Waals surface area contributed by atoms with Crippen molar-refractivity contribution in [2.75, 3.05) is 14.2 Å². The third-order valence-corrected chi connectivity index (χ3v) is 15.0. The zero-order valence-electron chi connectivity index (χ0n) is 9.00. The highest BCUT2D eigenvalue weighted by atomic mass is 28.4. The minimum absolute atomic E-state index is 0.730. The molecule has 0 amide bonds. The molecular weight excluding hydrogens is 202 g/mol. The molecule has 0 rings (SSSR count). The van der Waals surface area contributed by atoms with Gasteiger partial charge in [-0.15, -0.1) is 0 Å². The molecule has 3 nitrogen and oxygen atoms in total. The Morgan fingerprint density at radius 2 is 1.17 bits per heavy atom. The van der Waals surface area contributed by atoms with E-state index in [0.717, 1.165) is 0 Å². The number of nitrogens with zero attached hydrogens (tertiary/aromatic N) is 1. The first-order valence-corrected chi connectivity index (χ1v) is 11.5. The molecule has 0 heterocycles. The van der Waals surface area contributed by atoms with Crippen molar-refractivity contribution < 1.29 is 8.85 Å². The molecule has 2 atom stereocenters. The summed E-state index contributed by atoms with van der Waals surface area (Å²) >= 11 is 0. The highest BCUT2D eigenvalue weighted by Crippen LogP contribution is 2.04. The zero-order chi connectivity index (χ0) is 9.72. The van der Waals surface area contributed by atoms with E-state index in [1.165, 1.54) is 0 Å². The lowest BCUT2D eigenvalue weighted by atomic mass is 11.8. The van der Waals surface area contributed by atoms with Crippen molar-refractivity contribution in [1.29, 1.82) is 0 Å². The SMILES string of the molecule is CO[SiH](C)N([SiH](C)C)[SiH](C)OC. The molecule has 0 aliphatic rings. The van der Waals surface area contributed by atoms with E-state index in [1.807, 2.05) is 14.2 Å². The lowest BCUT2D eigenvalue weighted by molar-refractivity contribution is 0.369. The van der Waals surface area contributed by atoms with E-state index in [4.69, 9.17) is 8.85 Å². The van der Waals surface area contributed by atoms with Gasteiger partial charge in [-0.2, -0.15) is 0 Å². The van der Waals surface area contributed by atoms with Gasteiger partial charge in [0, 0.05) is 14.2 Å². The summed E-state index contributed by atoms with van der Waals surface area (Å²) in [5.41, 5.74) is 0. The Balaban J connectivity index is 4.21. The average molecular weight is 223 g/mol. The van der Waals surface area contributed by atoms with E-state index >= 15 is 0 Å². The van der Waals surface area contributed by atoms with Gasteiger partial charge in [0.1, 0.15) is 0 Å². The monoisotopic (exact) mass is 223 g/mol. The third-order valence-electron chi connectivity index (χ3n) is 2.12. The van der Waals surface area contributed by atoms with Crippen LogP contribution < -0.4 is 0 Å². The molecule has 0 saturated carbocycles. The maximum atomic E-state index is 5.45. The summed E-state index contributed by atoms with van der Waals surface area (Å²) in [6.07, 6.45) is 0. The van der Waals surface area contributed by atoms with Crippen molar-refractivity contribution in [2.45, 2.75) is 26.2 Å². The number of hydrogen-bond donors (Lipinski definition) is 0. The molecule has 0 bridgehead atoms. The van der Waals surface area contributed by atoms with Crippen LogP contribution in [0.2, 0.25) is 26.2 Å². The maximum absolute atomic E-state index is 5.45.